The number of nitrogens with one attached hydrogen (secondary N) is 2. The Hall–Kier alpha value is -1.81. The lowest BCUT2D eigenvalue weighted by molar-refractivity contribution is -0.121. The van der Waals surface area contributed by atoms with Crippen LogP contribution in [-0.4, -0.2) is 30.1 Å². The number of hydrogen-bond donors (Lipinski definition) is 2. The van der Waals surface area contributed by atoms with Gasteiger partial charge in [0, 0.05) is 19.3 Å². The van der Waals surface area contributed by atoms with Gasteiger partial charge < -0.3 is 15.2 Å². The standard InChI is InChI=1S/C20H29N3O/c1-16-6-5-9-18-10-13-23(20(16)18)15-19(24)22-12-11-21-14-17-7-3-2-4-8-17/h5-6,9-10,13,17,21H,2-4,7-8,11-12,14-15H2,1H3,(H,22,24). The SMILES string of the molecule is Cc1cccc2ccn(CC(=O)NCCNCC3CCCCC3)c12. The van der Waals surface area contributed by atoms with Gasteiger partial charge in [-0.05, 0) is 49.2 Å². The molecule has 0 aliphatic heterocycles. The number of hydrogen-bond acceptors (Lipinski definition) is 2. The first-order valence-electron chi connectivity index (χ1n) is 9.26. The Balaban J connectivity index is 1.39. The first-order valence-corrected chi connectivity index (χ1v) is 9.26. The average molecular weight is 327 g/mol. The summed E-state index contributed by atoms with van der Waals surface area (Å²) in [5.74, 6) is 0.916. The third kappa shape index (κ3) is 4.38. The summed E-state index contributed by atoms with van der Waals surface area (Å²) in [5.41, 5.74) is 2.36. The summed E-state index contributed by atoms with van der Waals surface area (Å²) in [6.07, 6.45) is 8.89. The van der Waals surface area contributed by atoms with Crippen LogP contribution in [-0.2, 0) is 11.3 Å². The van der Waals surface area contributed by atoms with Gasteiger partial charge in [-0.3, -0.25) is 4.79 Å². The molecule has 4 heteroatoms. The molecule has 2 aromatic rings. The Kier molecular flexibility index (Phi) is 5.91. The number of carbonyl (C=O) groups is 1. The number of fused-ring (bicyclic) bond motifs is 1. The Morgan fingerprint density at radius 3 is 2.83 bits per heavy atom. The minimum absolute atomic E-state index is 0.0789. The summed E-state index contributed by atoms with van der Waals surface area (Å²) in [5, 5.41) is 7.70. The molecule has 130 valence electrons. The van der Waals surface area contributed by atoms with Crippen molar-refractivity contribution in [1.29, 1.82) is 0 Å². The molecular weight excluding hydrogens is 298 g/mol. The summed E-state index contributed by atoms with van der Waals surface area (Å²) in [6.45, 7) is 5.12. The van der Waals surface area contributed by atoms with Crippen LogP contribution in [0.15, 0.2) is 30.5 Å². The van der Waals surface area contributed by atoms with Crippen LogP contribution in [0.5, 0.6) is 0 Å². The van der Waals surface area contributed by atoms with Crippen molar-refractivity contribution in [2.45, 2.75) is 45.6 Å². The third-order valence-corrected chi connectivity index (χ3v) is 5.09. The van der Waals surface area contributed by atoms with Gasteiger partial charge in [0.05, 0.1) is 5.52 Å². The minimum Gasteiger partial charge on any atom is -0.353 e. The van der Waals surface area contributed by atoms with Gasteiger partial charge in [-0.1, -0.05) is 37.5 Å². The molecule has 0 spiro atoms. The largest absolute Gasteiger partial charge is 0.353 e. The van der Waals surface area contributed by atoms with Crippen LogP contribution in [0.4, 0.5) is 0 Å². The monoisotopic (exact) mass is 327 g/mol. The number of para-hydroxylation sites is 1. The Labute approximate surface area is 144 Å². The second-order valence-corrected chi connectivity index (χ2v) is 7.01. The van der Waals surface area contributed by atoms with E-state index in [-0.39, 0.29) is 5.91 Å². The highest BCUT2D eigenvalue weighted by atomic mass is 16.1. The quantitative estimate of drug-likeness (QED) is 0.767. The maximum Gasteiger partial charge on any atom is 0.239 e. The summed E-state index contributed by atoms with van der Waals surface area (Å²) in [7, 11) is 0. The van der Waals surface area contributed by atoms with Crippen molar-refractivity contribution in [3.63, 3.8) is 0 Å². The first-order chi connectivity index (χ1) is 11.7. The molecule has 1 fully saturated rings. The van der Waals surface area contributed by atoms with E-state index in [2.05, 4.69) is 41.8 Å². The van der Waals surface area contributed by atoms with E-state index < -0.39 is 0 Å². The van der Waals surface area contributed by atoms with Gasteiger partial charge in [0.2, 0.25) is 5.91 Å². The van der Waals surface area contributed by atoms with E-state index in [1.165, 1.54) is 43.1 Å². The van der Waals surface area contributed by atoms with E-state index in [0.29, 0.717) is 13.1 Å². The van der Waals surface area contributed by atoms with E-state index in [0.717, 1.165) is 24.5 Å². The molecule has 1 aromatic heterocycles. The van der Waals surface area contributed by atoms with Crippen molar-refractivity contribution in [1.82, 2.24) is 15.2 Å². The molecule has 1 aliphatic carbocycles. The molecule has 24 heavy (non-hydrogen) atoms. The van der Waals surface area contributed by atoms with Gasteiger partial charge in [-0.25, -0.2) is 0 Å². The van der Waals surface area contributed by atoms with Crippen LogP contribution in [0.2, 0.25) is 0 Å². The fourth-order valence-corrected chi connectivity index (χ4v) is 3.78. The zero-order chi connectivity index (χ0) is 16.8. The van der Waals surface area contributed by atoms with Crippen LogP contribution >= 0.6 is 0 Å². The normalized spacial score (nSPS) is 15.7. The second-order valence-electron chi connectivity index (χ2n) is 7.01. The van der Waals surface area contributed by atoms with Crippen molar-refractivity contribution >= 4 is 16.8 Å². The Morgan fingerprint density at radius 2 is 2.00 bits per heavy atom. The molecule has 1 amide bonds. The summed E-state index contributed by atoms with van der Waals surface area (Å²) >= 11 is 0. The number of carbonyl (C=O) groups excluding carboxylic acids is 1. The van der Waals surface area contributed by atoms with Crippen LogP contribution in [0.25, 0.3) is 10.9 Å². The van der Waals surface area contributed by atoms with E-state index in [4.69, 9.17) is 0 Å². The maximum absolute atomic E-state index is 12.2. The van der Waals surface area contributed by atoms with Crippen molar-refractivity contribution in [3.05, 3.63) is 36.0 Å². The van der Waals surface area contributed by atoms with Gasteiger partial charge in [-0.15, -0.1) is 0 Å². The predicted molar refractivity (Wildman–Crippen MR) is 99.1 cm³/mol. The van der Waals surface area contributed by atoms with E-state index >= 15 is 0 Å². The molecule has 3 rings (SSSR count). The maximum atomic E-state index is 12.2. The van der Waals surface area contributed by atoms with Gasteiger partial charge in [0.25, 0.3) is 0 Å². The van der Waals surface area contributed by atoms with Crippen molar-refractivity contribution in [2.75, 3.05) is 19.6 Å². The molecule has 1 aromatic carbocycles. The van der Waals surface area contributed by atoms with Gasteiger partial charge in [0.15, 0.2) is 0 Å². The zero-order valence-corrected chi connectivity index (χ0v) is 14.7. The number of aryl methyl sites for hydroxylation is 1. The summed E-state index contributed by atoms with van der Waals surface area (Å²) in [4.78, 5) is 12.2. The molecule has 2 N–H and O–H groups in total. The zero-order valence-electron chi connectivity index (χ0n) is 14.7. The number of nitrogens with zero attached hydrogens (tertiary/aromatic N) is 1. The molecular formula is C20H29N3O. The van der Waals surface area contributed by atoms with Crippen molar-refractivity contribution in [2.24, 2.45) is 5.92 Å². The molecule has 0 radical (unpaired) electrons. The van der Waals surface area contributed by atoms with Crippen molar-refractivity contribution in [3.8, 4) is 0 Å². The highest BCUT2D eigenvalue weighted by molar-refractivity contribution is 5.85. The number of aromatic nitrogens is 1. The van der Waals surface area contributed by atoms with Crippen LogP contribution in [0.3, 0.4) is 0 Å². The molecule has 4 nitrogen and oxygen atoms in total. The lowest BCUT2D eigenvalue weighted by Gasteiger charge is -2.21. The van der Waals surface area contributed by atoms with E-state index in [1.54, 1.807) is 0 Å². The van der Waals surface area contributed by atoms with Crippen LogP contribution in [0, 0.1) is 12.8 Å². The smallest absolute Gasteiger partial charge is 0.239 e. The minimum atomic E-state index is 0.0789. The topological polar surface area (TPSA) is 46.1 Å². The lowest BCUT2D eigenvalue weighted by Crippen LogP contribution is -2.35. The number of rotatable bonds is 7. The van der Waals surface area contributed by atoms with E-state index in [9.17, 15) is 4.79 Å². The molecule has 1 heterocycles. The third-order valence-electron chi connectivity index (χ3n) is 5.09. The lowest BCUT2D eigenvalue weighted by atomic mass is 9.89. The molecule has 1 aliphatic rings. The molecule has 0 saturated heterocycles. The van der Waals surface area contributed by atoms with Crippen molar-refractivity contribution < 1.29 is 4.79 Å². The fourth-order valence-electron chi connectivity index (χ4n) is 3.78. The summed E-state index contributed by atoms with van der Waals surface area (Å²) in [6, 6.07) is 8.30. The van der Waals surface area contributed by atoms with Gasteiger partial charge in [0.1, 0.15) is 6.54 Å². The predicted octanol–water partition coefficient (Wildman–Crippen LogP) is 3.24. The van der Waals surface area contributed by atoms with Gasteiger partial charge in [-0.2, -0.15) is 0 Å². The van der Waals surface area contributed by atoms with Crippen LogP contribution in [0.1, 0.15) is 37.7 Å². The molecule has 0 atom stereocenters. The van der Waals surface area contributed by atoms with E-state index in [1.807, 2.05) is 10.8 Å². The fraction of sp³-hybridized carbons (Fsp3) is 0.550. The molecule has 0 unspecified atom stereocenters. The second kappa shape index (κ2) is 8.34. The first kappa shape index (κ1) is 17.0. The Bertz CT molecular complexity index is 671. The molecule has 1 saturated carbocycles. The molecule has 0 bridgehead atoms. The van der Waals surface area contributed by atoms with Gasteiger partial charge >= 0.3 is 0 Å². The highest BCUT2D eigenvalue weighted by Gasteiger charge is 2.12. The highest BCUT2D eigenvalue weighted by Crippen LogP contribution is 2.22. The van der Waals surface area contributed by atoms with Crippen LogP contribution < -0.4 is 10.6 Å². The summed E-state index contributed by atoms with van der Waals surface area (Å²) < 4.78 is 2.04. The Morgan fingerprint density at radius 1 is 1.17 bits per heavy atom. The average Bonchev–Trinajstić information content (AvgIpc) is 3.00. The number of benzene rings is 1. The number of amides is 1.